The summed E-state index contributed by atoms with van der Waals surface area (Å²) < 4.78 is 15.8. The third kappa shape index (κ3) is 2.31. The van der Waals surface area contributed by atoms with Crippen molar-refractivity contribution in [3.63, 3.8) is 0 Å². The van der Waals surface area contributed by atoms with Crippen LogP contribution in [-0.2, 0) is 4.79 Å². The van der Waals surface area contributed by atoms with Gasteiger partial charge >= 0.3 is 5.97 Å². The molecule has 4 rings (SSSR count). The fraction of sp³-hybridized carbons (Fsp3) is 0.312. The number of benzene rings is 1. The summed E-state index contributed by atoms with van der Waals surface area (Å²) in [6.45, 7) is 1.19. The quantitative estimate of drug-likeness (QED) is 0.780. The first-order valence-electron chi connectivity index (χ1n) is 7.44. The monoisotopic (exact) mass is 331 g/mol. The van der Waals surface area contributed by atoms with Crippen molar-refractivity contribution in [3.05, 3.63) is 30.3 Å². The molecule has 1 aliphatic rings. The number of halogens is 1. The average Bonchev–Trinajstić information content (AvgIpc) is 2.94. The van der Waals surface area contributed by atoms with Crippen molar-refractivity contribution in [1.29, 1.82) is 0 Å². The zero-order valence-electron chi connectivity index (χ0n) is 12.2. The van der Waals surface area contributed by atoms with Crippen LogP contribution in [0, 0.1) is 11.7 Å². The Morgan fingerprint density at radius 2 is 2.26 bits per heavy atom. The second kappa shape index (κ2) is 5.42. The number of carboxylic acid groups (broad SMARTS) is 1. The second-order valence-electron chi connectivity index (χ2n) is 5.71. The minimum absolute atomic E-state index is 0.291. The van der Waals surface area contributed by atoms with Crippen molar-refractivity contribution in [2.24, 2.45) is 5.92 Å². The minimum atomic E-state index is -0.776. The Balaban J connectivity index is 1.86. The number of hydrogen-bond donors (Lipinski definition) is 1. The number of rotatable bonds is 2. The fourth-order valence-electron chi connectivity index (χ4n) is 3.16. The van der Waals surface area contributed by atoms with E-state index in [-0.39, 0.29) is 11.7 Å². The Hall–Kier alpha value is -2.28. The van der Waals surface area contributed by atoms with E-state index in [9.17, 15) is 14.3 Å². The highest BCUT2D eigenvalue weighted by molar-refractivity contribution is 7.26. The standard InChI is InChI=1S/C16H14FN3O2S/c17-10-4-1-5-11-12(10)13-14(23-11)15(19-8-18-13)20-6-2-3-9(7-20)16(21)22/h1,4-5,8-9H,2-3,6-7H2,(H,21,22). The third-order valence-corrected chi connectivity index (χ3v) is 5.42. The number of aliphatic carboxylic acids is 1. The van der Waals surface area contributed by atoms with Gasteiger partial charge in [-0.1, -0.05) is 6.07 Å². The smallest absolute Gasteiger partial charge is 0.308 e. The summed E-state index contributed by atoms with van der Waals surface area (Å²) in [5.41, 5.74) is 0.602. The SMILES string of the molecule is O=C(O)C1CCCN(c2ncnc3c2sc2cccc(F)c23)C1. The molecule has 1 saturated heterocycles. The first-order chi connectivity index (χ1) is 11.1. The Kier molecular flexibility index (Phi) is 3.37. The normalized spacial score (nSPS) is 18.7. The van der Waals surface area contributed by atoms with Gasteiger partial charge in [-0.05, 0) is 25.0 Å². The van der Waals surface area contributed by atoms with E-state index in [0.717, 1.165) is 22.4 Å². The van der Waals surface area contributed by atoms with Gasteiger partial charge < -0.3 is 10.0 Å². The molecule has 3 aromatic rings. The number of fused-ring (bicyclic) bond motifs is 3. The van der Waals surface area contributed by atoms with Crippen LogP contribution in [0.4, 0.5) is 10.2 Å². The highest BCUT2D eigenvalue weighted by atomic mass is 32.1. The molecule has 0 radical (unpaired) electrons. The van der Waals surface area contributed by atoms with Crippen LogP contribution in [0.2, 0.25) is 0 Å². The van der Waals surface area contributed by atoms with E-state index in [0.29, 0.717) is 29.7 Å². The lowest BCUT2D eigenvalue weighted by Crippen LogP contribution is -2.39. The molecule has 1 aliphatic heterocycles. The van der Waals surface area contributed by atoms with Gasteiger partial charge in [0.25, 0.3) is 0 Å². The maximum absolute atomic E-state index is 14.1. The van der Waals surface area contributed by atoms with Crippen LogP contribution in [0.15, 0.2) is 24.5 Å². The number of piperidine rings is 1. The predicted octanol–water partition coefficient (Wildman–Crippen LogP) is 3.28. The van der Waals surface area contributed by atoms with Crippen LogP contribution in [0.1, 0.15) is 12.8 Å². The highest BCUT2D eigenvalue weighted by Gasteiger charge is 2.28. The maximum Gasteiger partial charge on any atom is 0.308 e. The first kappa shape index (κ1) is 14.3. The van der Waals surface area contributed by atoms with Gasteiger partial charge in [0, 0.05) is 17.8 Å². The Morgan fingerprint density at radius 3 is 3.09 bits per heavy atom. The highest BCUT2D eigenvalue weighted by Crippen LogP contribution is 2.39. The molecule has 0 bridgehead atoms. The van der Waals surface area contributed by atoms with Gasteiger partial charge in [-0.3, -0.25) is 4.79 Å². The van der Waals surface area contributed by atoms with E-state index in [1.807, 2.05) is 11.0 Å². The van der Waals surface area contributed by atoms with Crippen LogP contribution < -0.4 is 4.90 Å². The zero-order chi connectivity index (χ0) is 16.0. The van der Waals surface area contributed by atoms with Crippen molar-refractivity contribution in [1.82, 2.24) is 9.97 Å². The van der Waals surface area contributed by atoms with Gasteiger partial charge in [-0.2, -0.15) is 0 Å². The summed E-state index contributed by atoms with van der Waals surface area (Å²) in [5, 5.41) is 9.78. The summed E-state index contributed by atoms with van der Waals surface area (Å²) >= 11 is 1.45. The number of hydrogen-bond acceptors (Lipinski definition) is 5. The molecule has 0 aliphatic carbocycles. The Morgan fingerprint density at radius 1 is 1.39 bits per heavy atom. The molecule has 0 spiro atoms. The predicted molar refractivity (Wildman–Crippen MR) is 87.5 cm³/mol. The number of carboxylic acids is 1. The summed E-state index contributed by atoms with van der Waals surface area (Å²) in [7, 11) is 0. The van der Waals surface area contributed by atoms with Crippen molar-refractivity contribution in [2.75, 3.05) is 18.0 Å². The number of nitrogens with zero attached hydrogens (tertiary/aromatic N) is 3. The number of anilines is 1. The third-order valence-electron chi connectivity index (χ3n) is 4.28. The molecule has 2 aromatic heterocycles. The van der Waals surface area contributed by atoms with E-state index >= 15 is 0 Å². The lowest BCUT2D eigenvalue weighted by atomic mass is 9.98. The van der Waals surface area contributed by atoms with Gasteiger partial charge in [0.05, 0.1) is 21.5 Å². The van der Waals surface area contributed by atoms with Crippen molar-refractivity contribution in [3.8, 4) is 0 Å². The van der Waals surface area contributed by atoms with Crippen LogP contribution >= 0.6 is 11.3 Å². The van der Waals surface area contributed by atoms with Crippen molar-refractivity contribution >= 4 is 43.4 Å². The Bertz CT molecular complexity index is 911. The topological polar surface area (TPSA) is 66.3 Å². The van der Waals surface area contributed by atoms with Gasteiger partial charge in [-0.25, -0.2) is 14.4 Å². The van der Waals surface area contributed by atoms with E-state index in [4.69, 9.17) is 0 Å². The molecule has 0 saturated carbocycles. The lowest BCUT2D eigenvalue weighted by molar-refractivity contribution is -0.141. The fourth-order valence-corrected chi connectivity index (χ4v) is 4.35. The van der Waals surface area contributed by atoms with Gasteiger partial charge in [0.15, 0.2) is 0 Å². The van der Waals surface area contributed by atoms with Crippen molar-refractivity contribution in [2.45, 2.75) is 12.8 Å². The summed E-state index contributed by atoms with van der Waals surface area (Å²) in [6, 6.07) is 4.98. The van der Waals surface area contributed by atoms with E-state index in [1.165, 1.54) is 23.7 Å². The number of thiophene rings is 1. The van der Waals surface area contributed by atoms with Crippen LogP contribution in [0.5, 0.6) is 0 Å². The molecular weight excluding hydrogens is 317 g/mol. The molecule has 7 heteroatoms. The minimum Gasteiger partial charge on any atom is -0.481 e. The molecule has 23 heavy (non-hydrogen) atoms. The van der Waals surface area contributed by atoms with E-state index in [1.54, 1.807) is 6.07 Å². The molecule has 1 fully saturated rings. The Labute approximate surface area is 135 Å². The lowest BCUT2D eigenvalue weighted by Gasteiger charge is -2.31. The molecule has 118 valence electrons. The van der Waals surface area contributed by atoms with Gasteiger partial charge in [0.2, 0.25) is 0 Å². The largest absolute Gasteiger partial charge is 0.481 e. The second-order valence-corrected chi connectivity index (χ2v) is 6.77. The summed E-state index contributed by atoms with van der Waals surface area (Å²) in [6.07, 6.45) is 2.92. The molecule has 3 heterocycles. The maximum atomic E-state index is 14.1. The number of carbonyl (C=O) groups is 1. The summed E-state index contributed by atoms with van der Waals surface area (Å²) in [4.78, 5) is 21.9. The van der Waals surface area contributed by atoms with E-state index in [2.05, 4.69) is 9.97 Å². The van der Waals surface area contributed by atoms with E-state index < -0.39 is 5.97 Å². The average molecular weight is 331 g/mol. The molecular formula is C16H14FN3O2S. The molecule has 1 unspecified atom stereocenters. The first-order valence-corrected chi connectivity index (χ1v) is 8.26. The van der Waals surface area contributed by atoms with Crippen LogP contribution in [0.25, 0.3) is 20.3 Å². The van der Waals surface area contributed by atoms with Gasteiger partial charge in [0.1, 0.15) is 18.0 Å². The van der Waals surface area contributed by atoms with Crippen LogP contribution in [-0.4, -0.2) is 34.1 Å². The molecule has 1 N–H and O–H groups in total. The molecule has 1 atom stereocenters. The van der Waals surface area contributed by atoms with Gasteiger partial charge in [-0.15, -0.1) is 11.3 Å². The molecule has 5 nitrogen and oxygen atoms in total. The summed E-state index contributed by atoms with van der Waals surface area (Å²) in [5.74, 6) is -0.746. The number of aromatic nitrogens is 2. The molecule has 0 amide bonds. The molecule has 1 aromatic carbocycles. The van der Waals surface area contributed by atoms with Crippen molar-refractivity contribution < 1.29 is 14.3 Å². The van der Waals surface area contributed by atoms with Crippen LogP contribution in [0.3, 0.4) is 0 Å². The zero-order valence-corrected chi connectivity index (χ0v) is 13.0.